The van der Waals surface area contributed by atoms with Crippen LogP contribution in [-0.4, -0.2) is 16.3 Å². The molecule has 0 amide bonds. The molecule has 1 aliphatic rings. The molecule has 0 heterocycles. The molecule has 18 heavy (non-hydrogen) atoms. The van der Waals surface area contributed by atoms with Gasteiger partial charge >= 0.3 is 5.97 Å². The summed E-state index contributed by atoms with van der Waals surface area (Å²) < 4.78 is 13.6. The lowest BCUT2D eigenvalue weighted by Gasteiger charge is -2.27. The third-order valence-electron chi connectivity index (χ3n) is 3.41. The highest BCUT2D eigenvalue weighted by Gasteiger charge is 2.30. The summed E-state index contributed by atoms with van der Waals surface area (Å²) in [6.45, 7) is 0. The molecule has 1 atom stereocenters. The molecule has 1 N–H and O–H groups in total. The van der Waals surface area contributed by atoms with Crippen molar-refractivity contribution in [3.63, 3.8) is 0 Å². The van der Waals surface area contributed by atoms with Gasteiger partial charge in [-0.3, -0.25) is 4.79 Å². The third-order valence-corrected chi connectivity index (χ3v) is 4.84. The number of carboxylic acids is 1. The molecule has 1 aromatic carbocycles. The molecule has 0 bridgehead atoms. The van der Waals surface area contributed by atoms with Crippen LogP contribution in [-0.2, 0) is 4.79 Å². The lowest BCUT2D eigenvalue weighted by atomic mass is 9.87. The van der Waals surface area contributed by atoms with Crippen molar-refractivity contribution in [2.24, 2.45) is 5.92 Å². The smallest absolute Gasteiger partial charge is 0.317 e. The van der Waals surface area contributed by atoms with Gasteiger partial charge in [0, 0.05) is 4.90 Å². The van der Waals surface area contributed by atoms with Gasteiger partial charge in [-0.2, -0.15) is 0 Å². The van der Waals surface area contributed by atoms with E-state index in [0.717, 1.165) is 37.4 Å². The van der Waals surface area contributed by atoms with Gasteiger partial charge in [0.1, 0.15) is 11.1 Å². The zero-order valence-electron chi connectivity index (χ0n) is 10.1. The van der Waals surface area contributed by atoms with E-state index in [1.807, 2.05) is 0 Å². The van der Waals surface area contributed by atoms with E-state index in [-0.39, 0.29) is 11.7 Å². The Morgan fingerprint density at radius 3 is 2.56 bits per heavy atom. The Labute approximate surface area is 111 Å². The number of hydrogen-bond acceptors (Lipinski definition) is 2. The second kappa shape index (κ2) is 6.23. The van der Waals surface area contributed by atoms with Gasteiger partial charge < -0.3 is 5.11 Å². The van der Waals surface area contributed by atoms with Crippen molar-refractivity contribution in [3.8, 4) is 0 Å². The predicted octanol–water partition coefficient (Wildman–Crippen LogP) is 3.95. The summed E-state index contributed by atoms with van der Waals surface area (Å²) in [6, 6.07) is 6.39. The number of benzene rings is 1. The maximum Gasteiger partial charge on any atom is 0.317 e. The fourth-order valence-electron chi connectivity index (χ4n) is 2.46. The van der Waals surface area contributed by atoms with E-state index in [9.17, 15) is 14.3 Å². The summed E-state index contributed by atoms with van der Waals surface area (Å²) in [7, 11) is 0. The molecule has 2 rings (SSSR count). The van der Waals surface area contributed by atoms with Crippen LogP contribution < -0.4 is 0 Å². The second-order valence-corrected chi connectivity index (χ2v) is 5.89. The Hall–Kier alpha value is -1.03. The van der Waals surface area contributed by atoms with Crippen LogP contribution in [0, 0.1) is 11.7 Å². The van der Waals surface area contributed by atoms with Crippen LogP contribution >= 0.6 is 11.8 Å². The monoisotopic (exact) mass is 268 g/mol. The summed E-state index contributed by atoms with van der Waals surface area (Å²) in [5, 5.41) is 8.81. The van der Waals surface area contributed by atoms with E-state index in [0.29, 0.717) is 4.90 Å². The van der Waals surface area contributed by atoms with Gasteiger partial charge in [0.25, 0.3) is 0 Å². The number of thioether (sulfide) groups is 1. The first-order valence-electron chi connectivity index (χ1n) is 6.32. The highest BCUT2D eigenvalue weighted by molar-refractivity contribution is 8.00. The number of carbonyl (C=O) groups is 1. The predicted molar refractivity (Wildman–Crippen MR) is 70.3 cm³/mol. The van der Waals surface area contributed by atoms with Gasteiger partial charge in [-0.05, 0) is 30.9 Å². The highest BCUT2D eigenvalue weighted by Crippen LogP contribution is 2.37. The Balaban J connectivity index is 2.11. The van der Waals surface area contributed by atoms with Crippen molar-refractivity contribution in [2.45, 2.75) is 42.2 Å². The maximum atomic E-state index is 13.6. The molecule has 4 heteroatoms. The van der Waals surface area contributed by atoms with E-state index >= 15 is 0 Å². The Bertz CT molecular complexity index is 416. The van der Waals surface area contributed by atoms with E-state index in [4.69, 9.17) is 0 Å². The number of aliphatic carboxylic acids is 1. The lowest BCUT2D eigenvalue weighted by Crippen LogP contribution is -2.28. The maximum absolute atomic E-state index is 13.6. The third kappa shape index (κ3) is 3.25. The summed E-state index contributed by atoms with van der Waals surface area (Å²) in [6.07, 6.45) is 5.25. The molecule has 1 aliphatic carbocycles. The normalized spacial score (nSPS) is 18.5. The van der Waals surface area contributed by atoms with E-state index in [1.54, 1.807) is 18.2 Å². The van der Waals surface area contributed by atoms with Crippen molar-refractivity contribution in [1.29, 1.82) is 0 Å². The van der Waals surface area contributed by atoms with Crippen LogP contribution in [0.25, 0.3) is 0 Å². The average molecular weight is 268 g/mol. The molecular weight excluding hydrogens is 251 g/mol. The molecule has 1 fully saturated rings. The van der Waals surface area contributed by atoms with Crippen molar-refractivity contribution < 1.29 is 14.3 Å². The van der Waals surface area contributed by atoms with Crippen molar-refractivity contribution in [3.05, 3.63) is 30.1 Å². The first-order chi connectivity index (χ1) is 8.68. The van der Waals surface area contributed by atoms with Gasteiger partial charge in [0.15, 0.2) is 0 Å². The molecule has 1 saturated carbocycles. The van der Waals surface area contributed by atoms with E-state index in [2.05, 4.69) is 0 Å². The number of hydrogen-bond donors (Lipinski definition) is 1. The summed E-state index contributed by atoms with van der Waals surface area (Å²) in [5.41, 5.74) is 0. The molecule has 1 aromatic rings. The average Bonchev–Trinajstić information content (AvgIpc) is 2.38. The van der Waals surface area contributed by atoms with Crippen LogP contribution in [0.2, 0.25) is 0 Å². The number of rotatable bonds is 4. The van der Waals surface area contributed by atoms with Gasteiger partial charge in [0.05, 0.1) is 0 Å². The molecular formula is C14H17FO2S. The minimum Gasteiger partial charge on any atom is -0.480 e. The molecule has 2 nitrogen and oxygen atoms in total. The summed E-state index contributed by atoms with van der Waals surface area (Å²) >= 11 is 1.16. The molecule has 0 aromatic heterocycles. The topological polar surface area (TPSA) is 37.3 Å². The van der Waals surface area contributed by atoms with Crippen LogP contribution in [0.15, 0.2) is 29.2 Å². The molecule has 98 valence electrons. The number of carboxylic acid groups (broad SMARTS) is 1. The first kappa shape index (κ1) is 13.4. The zero-order chi connectivity index (χ0) is 13.0. The number of halogens is 1. The van der Waals surface area contributed by atoms with Crippen LogP contribution in [0.4, 0.5) is 4.39 Å². The summed E-state index contributed by atoms with van der Waals surface area (Å²) in [4.78, 5) is 11.8. The van der Waals surface area contributed by atoms with Gasteiger partial charge in [-0.15, -0.1) is 11.8 Å². The zero-order valence-corrected chi connectivity index (χ0v) is 11.0. The van der Waals surface area contributed by atoms with Crippen molar-refractivity contribution >= 4 is 17.7 Å². The minimum atomic E-state index is -0.824. The highest BCUT2D eigenvalue weighted by atomic mass is 32.2. The molecule has 0 radical (unpaired) electrons. The Morgan fingerprint density at radius 2 is 1.94 bits per heavy atom. The lowest BCUT2D eigenvalue weighted by molar-refractivity contribution is -0.137. The van der Waals surface area contributed by atoms with Crippen LogP contribution in [0.1, 0.15) is 32.1 Å². The fraction of sp³-hybridized carbons (Fsp3) is 0.500. The van der Waals surface area contributed by atoms with Crippen LogP contribution in [0.5, 0.6) is 0 Å². The quantitative estimate of drug-likeness (QED) is 0.840. The first-order valence-corrected chi connectivity index (χ1v) is 7.20. The summed E-state index contributed by atoms with van der Waals surface area (Å²) in [5.74, 6) is -0.986. The largest absolute Gasteiger partial charge is 0.480 e. The standard InChI is InChI=1S/C14H17FO2S/c15-11-8-4-5-9-12(11)18-13(14(16)17)10-6-2-1-3-7-10/h4-5,8-10,13H,1-3,6-7H2,(H,16,17). The van der Waals surface area contributed by atoms with E-state index < -0.39 is 11.2 Å². The van der Waals surface area contributed by atoms with Crippen molar-refractivity contribution in [1.82, 2.24) is 0 Å². The fourth-order valence-corrected chi connectivity index (χ4v) is 3.64. The minimum absolute atomic E-state index is 0.167. The van der Waals surface area contributed by atoms with Gasteiger partial charge in [-0.25, -0.2) is 4.39 Å². The molecule has 0 spiro atoms. The van der Waals surface area contributed by atoms with Crippen molar-refractivity contribution in [2.75, 3.05) is 0 Å². The Kier molecular flexibility index (Phi) is 4.64. The van der Waals surface area contributed by atoms with Gasteiger partial charge in [-0.1, -0.05) is 31.4 Å². The van der Waals surface area contributed by atoms with Gasteiger partial charge in [0.2, 0.25) is 0 Å². The Morgan fingerprint density at radius 1 is 1.28 bits per heavy atom. The molecule has 1 unspecified atom stereocenters. The molecule has 0 aliphatic heterocycles. The van der Waals surface area contributed by atoms with Crippen LogP contribution in [0.3, 0.4) is 0 Å². The van der Waals surface area contributed by atoms with E-state index in [1.165, 1.54) is 12.5 Å². The SMILES string of the molecule is O=C(O)C(Sc1ccccc1F)C1CCCCC1. The second-order valence-electron chi connectivity index (χ2n) is 4.71. The molecule has 0 saturated heterocycles.